The van der Waals surface area contributed by atoms with Crippen molar-refractivity contribution in [2.75, 3.05) is 25.1 Å². The molecule has 0 aromatic heterocycles. The second-order valence-electron chi connectivity index (χ2n) is 3.21. The summed E-state index contributed by atoms with van der Waals surface area (Å²) in [6.07, 6.45) is 0. The van der Waals surface area contributed by atoms with Gasteiger partial charge in [-0.15, -0.1) is 0 Å². The predicted molar refractivity (Wildman–Crippen MR) is 49.3 cm³/mol. The average molecular weight is 206 g/mol. The van der Waals surface area contributed by atoms with E-state index in [1.165, 1.54) is 7.05 Å². The molecule has 0 radical (unpaired) electrons. The van der Waals surface area contributed by atoms with Crippen molar-refractivity contribution in [2.45, 2.75) is 13.0 Å². The van der Waals surface area contributed by atoms with Crippen LogP contribution in [0.25, 0.3) is 0 Å². The first-order chi connectivity index (χ1) is 5.96. The molecule has 1 saturated heterocycles. The van der Waals surface area contributed by atoms with Crippen LogP contribution in [0, 0.1) is 0 Å². The van der Waals surface area contributed by atoms with Crippen molar-refractivity contribution in [2.24, 2.45) is 0 Å². The molecule has 1 fully saturated rings. The molecule has 13 heavy (non-hydrogen) atoms. The summed E-state index contributed by atoms with van der Waals surface area (Å²) in [5, 5.41) is 2.48. The Balaban J connectivity index is 2.69. The van der Waals surface area contributed by atoms with E-state index >= 15 is 0 Å². The van der Waals surface area contributed by atoms with Gasteiger partial charge in [0.2, 0.25) is 0 Å². The fourth-order valence-electron chi connectivity index (χ4n) is 1.44. The third-order valence-electron chi connectivity index (χ3n) is 2.15. The summed E-state index contributed by atoms with van der Waals surface area (Å²) >= 11 is 0. The summed E-state index contributed by atoms with van der Waals surface area (Å²) in [6, 6.07) is -0.430. The van der Waals surface area contributed by atoms with Gasteiger partial charge in [-0.2, -0.15) is 0 Å². The maximum absolute atomic E-state index is 11.2. The second-order valence-corrected chi connectivity index (χ2v) is 5.44. The Bertz CT molecular complexity index is 299. The Morgan fingerprint density at radius 2 is 2.15 bits per heavy atom. The van der Waals surface area contributed by atoms with Gasteiger partial charge in [-0.25, -0.2) is 13.2 Å². The highest BCUT2D eigenvalue weighted by Crippen LogP contribution is 2.10. The SMILES string of the molecule is CNC(=O)N1CCS(=O)(=O)CC1C. The lowest BCUT2D eigenvalue weighted by atomic mass is 10.3. The van der Waals surface area contributed by atoms with E-state index in [1.54, 1.807) is 11.8 Å². The van der Waals surface area contributed by atoms with Gasteiger partial charge in [0.25, 0.3) is 0 Å². The van der Waals surface area contributed by atoms with Crippen LogP contribution >= 0.6 is 0 Å². The maximum atomic E-state index is 11.2. The minimum atomic E-state index is -2.93. The lowest BCUT2D eigenvalue weighted by Crippen LogP contribution is -2.52. The quantitative estimate of drug-likeness (QED) is 0.578. The van der Waals surface area contributed by atoms with Crippen molar-refractivity contribution < 1.29 is 13.2 Å². The molecule has 1 unspecified atom stereocenters. The number of nitrogens with zero attached hydrogens (tertiary/aromatic N) is 1. The molecule has 1 aliphatic rings. The van der Waals surface area contributed by atoms with Gasteiger partial charge in [0.05, 0.1) is 11.5 Å². The number of rotatable bonds is 0. The molecule has 0 bridgehead atoms. The van der Waals surface area contributed by atoms with Gasteiger partial charge >= 0.3 is 6.03 Å². The zero-order valence-corrected chi connectivity index (χ0v) is 8.60. The minimum absolute atomic E-state index is 0.0699. The van der Waals surface area contributed by atoms with Gasteiger partial charge in [0, 0.05) is 19.6 Å². The molecule has 1 rings (SSSR count). The number of sulfone groups is 1. The van der Waals surface area contributed by atoms with E-state index < -0.39 is 9.84 Å². The highest BCUT2D eigenvalue weighted by atomic mass is 32.2. The lowest BCUT2D eigenvalue weighted by Gasteiger charge is -2.32. The average Bonchev–Trinajstić information content (AvgIpc) is 2.01. The second kappa shape index (κ2) is 3.53. The topological polar surface area (TPSA) is 66.5 Å². The zero-order chi connectivity index (χ0) is 10.1. The highest BCUT2D eigenvalue weighted by Gasteiger charge is 2.30. The largest absolute Gasteiger partial charge is 0.341 e. The van der Waals surface area contributed by atoms with E-state index in [-0.39, 0.29) is 23.6 Å². The number of nitrogens with one attached hydrogen (secondary N) is 1. The summed E-state index contributed by atoms with van der Waals surface area (Å²) in [5.41, 5.74) is 0. The standard InChI is InChI=1S/C7H14N2O3S/c1-6-5-13(11,12)4-3-9(6)7(10)8-2/h6H,3-5H2,1-2H3,(H,8,10). The van der Waals surface area contributed by atoms with E-state index in [2.05, 4.69) is 5.32 Å². The first-order valence-corrected chi connectivity index (χ1v) is 5.97. The molecule has 76 valence electrons. The third-order valence-corrected chi connectivity index (χ3v) is 3.94. The Morgan fingerprint density at radius 3 is 2.62 bits per heavy atom. The number of urea groups is 1. The van der Waals surface area contributed by atoms with Gasteiger partial charge in [-0.05, 0) is 6.92 Å². The monoisotopic (exact) mass is 206 g/mol. The number of carbonyl (C=O) groups is 1. The predicted octanol–water partition coefficient (Wildman–Crippen LogP) is -0.555. The van der Waals surface area contributed by atoms with Crippen LogP contribution in [0.4, 0.5) is 4.79 Å². The molecule has 0 aliphatic carbocycles. The molecular formula is C7H14N2O3S. The van der Waals surface area contributed by atoms with Gasteiger partial charge in [-0.1, -0.05) is 0 Å². The molecule has 6 heteroatoms. The van der Waals surface area contributed by atoms with Crippen LogP contribution in [0.1, 0.15) is 6.92 Å². The van der Waals surface area contributed by atoms with Crippen LogP contribution in [0.2, 0.25) is 0 Å². The van der Waals surface area contributed by atoms with E-state index in [4.69, 9.17) is 0 Å². The van der Waals surface area contributed by atoms with Crippen molar-refractivity contribution in [3.05, 3.63) is 0 Å². The number of carbonyl (C=O) groups excluding carboxylic acids is 1. The maximum Gasteiger partial charge on any atom is 0.317 e. The fraction of sp³-hybridized carbons (Fsp3) is 0.857. The van der Waals surface area contributed by atoms with Crippen LogP contribution in [-0.2, 0) is 9.84 Å². The molecular weight excluding hydrogens is 192 g/mol. The molecule has 0 spiro atoms. The first kappa shape index (κ1) is 10.3. The van der Waals surface area contributed by atoms with Gasteiger partial charge in [0.1, 0.15) is 0 Å². The summed E-state index contributed by atoms with van der Waals surface area (Å²) in [7, 11) is -1.39. The van der Waals surface area contributed by atoms with Crippen molar-refractivity contribution in [3.8, 4) is 0 Å². The Hall–Kier alpha value is -0.780. The van der Waals surface area contributed by atoms with Crippen molar-refractivity contribution in [1.29, 1.82) is 0 Å². The molecule has 0 aromatic carbocycles. The molecule has 1 atom stereocenters. The molecule has 0 aromatic rings. The normalized spacial score (nSPS) is 26.9. The van der Waals surface area contributed by atoms with E-state index in [9.17, 15) is 13.2 Å². The Morgan fingerprint density at radius 1 is 1.54 bits per heavy atom. The summed E-state index contributed by atoms with van der Waals surface area (Å²) in [4.78, 5) is 12.8. The highest BCUT2D eigenvalue weighted by molar-refractivity contribution is 7.91. The van der Waals surface area contributed by atoms with Crippen LogP contribution in [0.3, 0.4) is 0 Å². The number of hydrogen-bond donors (Lipinski definition) is 1. The van der Waals surface area contributed by atoms with Gasteiger partial charge in [-0.3, -0.25) is 0 Å². The summed E-state index contributed by atoms with van der Waals surface area (Å²) in [6.45, 7) is 2.04. The third kappa shape index (κ3) is 2.33. The van der Waals surface area contributed by atoms with E-state index in [1.807, 2.05) is 0 Å². The zero-order valence-electron chi connectivity index (χ0n) is 7.78. The minimum Gasteiger partial charge on any atom is -0.341 e. The molecule has 1 heterocycles. The molecule has 1 N–H and O–H groups in total. The van der Waals surface area contributed by atoms with Gasteiger partial charge in [0.15, 0.2) is 9.84 Å². The van der Waals surface area contributed by atoms with Crippen molar-refractivity contribution in [1.82, 2.24) is 10.2 Å². The first-order valence-electron chi connectivity index (χ1n) is 4.15. The summed E-state index contributed by atoms with van der Waals surface area (Å²) in [5.74, 6) is 0.144. The van der Waals surface area contributed by atoms with Crippen LogP contribution in [-0.4, -0.2) is 50.5 Å². The smallest absolute Gasteiger partial charge is 0.317 e. The van der Waals surface area contributed by atoms with Crippen LogP contribution in [0.5, 0.6) is 0 Å². The summed E-state index contributed by atoms with van der Waals surface area (Å²) < 4.78 is 22.3. The number of hydrogen-bond acceptors (Lipinski definition) is 3. The molecule has 1 aliphatic heterocycles. The Labute approximate surface area is 78.0 Å². The van der Waals surface area contributed by atoms with Crippen molar-refractivity contribution >= 4 is 15.9 Å². The van der Waals surface area contributed by atoms with Crippen LogP contribution in [0.15, 0.2) is 0 Å². The van der Waals surface area contributed by atoms with Crippen molar-refractivity contribution in [3.63, 3.8) is 0 Å². The molecule has 2 amide bonds. The number of amides is 2. The van der Waals surface area contributed by atoms with Gasteiger partial charge < -0.3 is 10.2 Å². The fourth-order valence-corrected chi connectivity index (χ4v) is 3.00. The molecule has 0 saturated carbocycles. The van der Waals surface area contributed by atoms with E-state index in [0.717, 1.165) is 0 Å². The molecule has 5 nitrogen and oxygen atoms in total. The van der Waals surface area contributed by atoms with E-state index in [0.29, 0.717) is 6.54 Å². The van der Waals surface area contributed by atoms with Crippen LogP contribution < -0.4 is 5.32 Å². The Kier molecular flexibility index (Phi) is 2.80. The lowest BCUT2D eigenvalue weighted by molar-refractivity contribution is 0.187.